The Labute approximate surface area is 192 Å². The van der Waals surface area contributed by atoms with E-state index < -0.39 is 0 Å². The molecule has 2 amide bonds. The van der Waals surface area contributed by atoms with Crippen LogP contribution in [0.4, 0.5) is 0 Å². The third-order valence-electron chi connectivity index (χ3n) is 6.98. The van der Waals surface area contributed by atoms with Gasteiger partial charge in [0.1, 0.15) is 0 Å². The van der Waals surface area contributed by atoms with Crippen LogP contribution >= 0.6 is 0 Å². The van der Waals surface area contributed by atoms with E-state index in [-0.39, 0.29) is 23.3 Å². The molecule has 7 nitrogen and oxygen atoms in total. The summed E-state index contributed by atoms with van der Waals surface area (Å²) in [6.07, 6.45) is 5.12. The molecule has 1 saturated carbocycles. The van der Waals surface area contributed by atoms with Crippen LogP contribution in [0.3, 0.4) is 0 Å². The molecule has 0 unspecified atom stereocenters. The summed E-state index contributed by atoms with van der Waals surface area (Å²) >= 11 is 0. The first-order valence-electron chi connectivity index (χ1n) is 11.7. The van der Waals surface area contributed by atoms with Gasteiger partial charge in [-0.3, -0.25) is 19.0 Å². The van der Waals surface area contributed by atoms with Crippen LogP contribution in [-0.4, -0.2) is 39.4 Å². The van der Waals surface area contributed by atoms with Crippen molar-refractivity contribution in [3.05, 3.63) is 76.3 Å². The molecule has 3 aromatic rings. The molecule has 0 bridgehead atoms. The summed E-state index contributed by atoms with van der Waals surface area (Å²) < 4.78 is 1.55. The van der Waals surface area contributed by atoms with Gasteiger partial charge >= 0.3 is 0 Å². The van der Waals surface area contributed by atoms with Crippen LogP contribution in [0.1, 0.15) is 41.6 Å². The first-order valence-corrected chi connectivity index (χ1v) is 11.7. The maximum Gasteiger partial charge on any atom is 0.261 e. The van der Waals surface area contributed by atoms with Crippen molar-refractivity contribution in [3.63, 3.8) is 0 Å². The second kappa shape index (κ2) is 9.17. The number of nitrogens with zero attached hydrogens (tertiary/aromatic N) is 3. The third-order valence-corrected chi connectivity index (χ3v) is 6.98. The van der Waals surface area contributed by atoms with Gasteiger partial charge in [0.05, 0.1) is 17.2 Å². The second-order valence-electron chi connectivity index (χ2n) is 9.11. The number of carbonyl (C=O) groups excluding carboxylic acids is 2. The lowest BCUT2D eigenvalue weighted by Gasteiger charge is -2.30. The number of para-hydroxylation sites is 1. The Bertz CT molecular complexity index is 1240. The minimum absolute atomic E-state index is 0.000762. The molecule has 1 aromatic heterocycles. The second-order valence-corrected chi connectivity index (χ2v) is 9.11. The Morgan fingerprint density at radius 1 is 1.00 bits per heavy atom. The zero-order valence-corrected chi connectivity index (χ0v) is 18.6. The highest BCUT2D eigenvalue weighted by Crippen LogP contribution is 2.32. The number of aromatic nitrogens is 2. The number of hydrogen-bond donors (Lipinski definition) is 1. The van der Waals surface area contributed by atoms with E-state index in [9.17, 15) is 14.4 Å². The van der Waals surface area contributed by atoms with Crippen LogP contribution < -0.4 is 10.9 Å². The van der Waals surface area contributed by atoms with Crippen LogP contribution in [-0.2, 0) is 17.9 Å². The molecule has 2 aliphatic rings. The van der Waals surface area contributed by atoms with Crippen LogP contribution in [0.15, 0.2) is 59.7 Å². The monoisotopic (exact) mass is 444 g/mol. The number of fused-ring (bicyclic) bond motifs is 2. The van der Waals surface area contributed by atoms with E-state index in [1.54, 1.807) is 17.0 Å². The average Bonchev–Trinajstić information content (AvgIpc) is 3.16. The summed E-state index contributed by atoms with van der Waals surface area (Å²) in [6.45, 7) is 2.26. The molecule has 2 heterocycles. The molecule has 0 saturated heterocycles. The van der Waals surface area contributed by atoms with Gasteiger partial charge in [-0.25, -0.2) is 4.98 Å². The number of benzene rings is 2. The number of nitrogens with one attached hydrogen (secondary N) is 1. The minimum Gasteiger partial charge on any atom is -0.354 e. The summed E-state index contributed by atoms with van der Waals surface area (Å²) in [5.41, 5.74) is 2.52. The van der Waals surface area contributed by atoms with E-state index in [2.05, 4.69) is 10.3 Å². The fourth-order valence-corrected chi connectivity index (χ4v) is 5.09. The van der Waals surface area contributed by atoms with Crippen molar-refractivity contribution in [3.8, 4) is 0 Å². The van der Waals surface area contributed by atoms with Gasteiger partial charge in [0.15, 0.2) is 0 Å². The summed E-state index contributed by atoms with van der Waals surface area (Å²) in [5, 5.41) is 3.58. The van der Waals surface area contributed by atoms with E-state index in [0.29, 0.717) is 36.5 Å². The minimum atomic E-state index is -0.0889. The van der Waals surface area contributed by atoms with Crippen molar-refractivity contribution in [2.45, 2.75) is 38.8 Å². The van der Waals surface area contributed by atoms with Crippen LogP contribution in [0.2, 0.25) is 0 Å². The Hall–Kier alpha value is -3.48. The lowest BCUT2D eigenvalue weighted by Crippen LogP contribution is -2.38. The SMILES string of the molecule is O=C(NCCn1cnc2ccccc2c1=O)C1CCC(CN2Cc3ccccc3C2=O)CC1. The zero-order valence-electron chi connectivity index (χ0n) is 18.6. The predicted octanol–water partition coefficient (Wildman–Crippen LogP) is 2.98. The molecule has 2 aromatic carbocycles. The van der Waals surface area contributed by atoms with Crippen molar-refractivity contribution in [2.24, 2.45) is 11.8 Å². The third kappa shape index (κ3) is 4.40. The molecule has 33 heavy (non-hydrogen) atoms. The Kier molecular flexibility index (Phi) is 5.94. The number of carbonyl (C=O) groups is 2. The highest BCUT2D eigenvalue weighted by molar-refractivity contribution is 5.98. The summed E-state index contributed by atoms with van der Waals surface area (Å²) in [7, 11) is 0. The van der Waals surface area contributed by atoms with Gasteiger partial charge in [-0.05, 0) is 55.4 Å². The van der Waals surface area contributed by atoms with Crippen molar-refractivity contribution in [1.29, 1.82) is 0 Å². The maximum atomic E-state index is 12.7. The predicted molar refractivity (Wildman–Crippen MR) is 126 cm³/mol. The molecular weight excluding hydrogens is 416 g/mol. The fraction of sp³-hybridized carbons (Fsp3) is 0.385. The van der Waals surface area contributed by atoms with Crippen LogP contribution in [0, 0.1) is 11.8 Å². The van der Waals surface area contributed by atoms with E-state index in [0.717, 1.165) is 43.4 Å². The summed E-state index contributed by atoms with van der Waals surface area (Å²) in [4.78, 5) is 44.1. The molecular formula is C26H28N4O3. The first-order chi connectivity index (χ1) is 16.1. The zero-order chi connectivity index (χ0) is 22.8. The molecule has 5 rings (SSSR count). The molecule has 0 atom stereocenters. The normalized spacial score (nSPS) is 20.1. The van der Waals surface area contributed by atoms with E-state index >= 15 is 0 Å². The van der Waals surface area contributed by atoms with E-state index in [1.807, 2.05) is 47.4 Å². The number of hydrogen-bond acceptors (Lipinski definition) is 4. The van der Waals surface area contributed by atoms with Crippen molar-refractivity contribution in [2.75, 3.05) is 13.1 Å². The summed E-state index contributed by atoms with van der Waals surface area (Å²) in [6, 6.07) is 15.1. The van der Waals surface area contributed by atoms with E-state index in [1.165, 1.54) is 0 Å². The van der Waals surface area contributed by atoms with Gasteiger partial charge in [-0.2, -0.15) is 0 Å². The van der Waals surface area contributed by atoms with Crippen LogP contribution in [0.5, 0.6) is 0 Å². The van der Waals surface area contributed by atoms with Crippen molar-refractivity contribution < 1.29 is 9.59 Å². The summed E-state index contributed by atoms with van der Waals surface area (Å²) in [5.74, 6) is 0.623. The average molecular weight is 445 g/mol. The van der Waals surface area contributed by atoms with Gasteiger partial charge in [0.2, 0.25) is 5.91 Å². The van der Waals surface area contributed by atoms with Gasteiger partial charge in [0.25, 0.3) is 11.5 Å². The lowest BCUT2D eigenvalue weighted by molar-refractivity contribution is -0.126. The van der Waals surface area contributed by atoms with E-state index in [4.69, 9.17) is 0 Å². The molecule has 0 spiro atoms. The molecule has 1 aliphatic carbocycles. The molecule has 170 valence electrons. The first kappa shape index (κ1) is 21.4. The molecule has 0 radical (unpaired) electrons. The maximum absolute atomic E-state index is 12.7. The smallest absolute Gasteiger partial charge is 0.261 e. The molecule has 1 aliphatic heterocycles. The van der Waals surface area contributed by atoms with Crippen molar-refractivity contribution >= 4 is 22.7 Å². The van der Waals surface area contributed by atoms with Gasteiger partial charge in [0, 0.05) is 37.7 Å². The quantitative estimate of drug-likeness (QED) is 0.634. The largest absolute Gasteiger partial charge is 0.354 e. The van der Waals surface area contributed by atoms with Crippen LogP contribution in [0.25, 0.3) is 10.9 Å². The molecule has 1 fully saturated rings. The topological polar surface area (TPSA) is 84.3 Å². The van der Waals surface area contributed by atoms with Gasteiger partial charge in [-0.1, -0.05) is 30.3 Å². The fourth-order valence-electron chi connectivity index (χ4n) is 5.09. The highest BCUT2D eigenvalue weighted by Gasteiger charge is 2.31. The van der Waals surface area contributed by atoms with Gasteiger partial charge in [-0.15, -0.1) is 0 Å². The standard InChI is InChI=1S/C26H28N4O3/c31-24(27-13-14-29-17-28-23-8-4-3-7-22(23)26(29)33)19-11-9-18(10-12-19)15-30-16-20-5-1-2-6-21(20)25(30)32/h1-8,17-19H,9-16H2,(H,27,31). The Morgan fingerprint density at radius 3 is 2.58 bits per heavy atom. The van der Waals surface area contributed by atoms with Gasteiger partial charge < -0.3 is 10.2 Å². The lowest BCUT2D eigenvalue weighted by atomic mass is 9.81. The number of amides is 2. The highest BCUT2D eigenvalue weighted by atomic mass is 16.2. The Balaban J connectivity index is 1.08. The molecule has 1 N–H and O–H groups in total. The molecule has 7 heteroatoms. The van der Waals surface area contributed by atoms with Crippen molar-refractivity contribution in [1.82, 2.24) is 19.8 Å². The number of rotatable bonds is 6. The Morgan fingerprint density at radius 2 is 1.76 bits per heavy atom.